The van der Waals surface area contributed by atoms with Crippen molar-refractivity contribution in [3.63, 3.8) is 0 Å². The summed E-state index contributed by atoms with van der Waals surface area (Å²) in [4.78, 5) is 12.2. The molecule has 5 heteroatoms. The zero-order valence-corrected chi connectivity index (χ0v) is 13.9. The van der Waals surface area contributed by atoms with Gasteiger partial charge in [0.25, 0.3) is 5.91 Å². The van der Waals surface area contributed by atoms with Crippen molar-refractivity contribution in [1.82, 2.24) is 5.32 Å². The molecule has 0 bridgehead atoms. The number of nitrogens with one attached hydrogen (secondary N) is 1. The predicted octanol–water partition coefficient (Wildman–Crippen LogP) is 3.64. The summed E-state index contributed by atoms with van der Waals surface area (Å²) >= 11 is 3.39. The van der Waals surface area contributed by atoms with E-state index in [1.54, 1.807) is 14.0 Å². The number of rotatable bonds is 5. The second-order valence-electron chi connectivity index (χ2n) is 4.76. The largest absolute Gasteiger partial charge is 0.497 e. The molecule has 4 nitrogen and oxygen atoms in total. The van der Waals surface area contributed by atoms with Crippen LogP contribution in [0, 0.1) is 13.8 Å². The van der Waals surface area contributed by atoms with Crippen molar-refractivity contribution in [1.29, 1.82) is 0 Å². The number of carbonyl (C=O) groups is 1. The number of ether oxygens (including phenoxy) is 1. The molecular weight excluding hydrogens is 334 g/mol. The molecule has 1 aromatic carbocycles. The number of methoxy groups -OCH3 is 1. The summed E-state index contributed by atoms with van der Waals surface area (Å²) in [5.41, 5.74) is 1.69. The summed E-state index contributed by atoms with van der Waals surface area (Å²) in [6, 6.07) is 7.82. The van der Waals surface area contributed by atoms with Gasteiger partial charge >= 0.3 is 0 Å². The minimum Gasteiger partial charge on any atom is -0.497 e. The molecule has 0 fully saturated rings. The van der Waals surface area contributed by atoms with Crippen molar-refractivity contribution >= 4 is 21.8 Å². The molecule has 0 aliphatic rings. The Kier molecular flexibility index (Phi) is 5.07. The van der Waals surface area contributed by atoms with Crippen LogP contribution in [0.2, 0.25) is 0 Å². The molecule has 2 aromatic rings. The topological polar surface area (TPSA) is 51.5 Å². The van der Waals surface area contributed by atoms with Crippen molar-refractivity contribution in [3.05, 3.63) is 51.4 Å². The van der Waals surface area contributed by atoms with Crippen LogP contribution in [0.1, 0.15) is 27.4 Å². The van der Waals surface area contributed by atoms with Crippen molar-refractivity contribution < 1.29 is 13.9 Å². The van der Waals surface area contributed by atoms with Crippen molar-refractivity contribution in [3.8, 4) is 5.75 Å². The Bertz CT molecular complexity index is 649. The van der Waals surface area contributed by atoms with E-state index in [9.17, 15) is 4.79 Å². The van der Waals surface area contributed by atoms with Gasteiger partial charge in [-0.3, -0.25) is 4.79 Å². The Morgan fingerprint density at radius 3 is 2.71 bits per heavy atom. The fourth-order valence-corrected chi connectivity index (χ4v) is 2.69. The van der Waals surface area contributed by atoms with E-state index >= 15 is 0 Å². The van der Waals surface area contributed by atoms with Gasteiger partial charge in [-0.2, -0.15) is 0 Å². The van der Waals surface area contributed by atoms with Crippen LogP contribution in [0.15, 0.2) is 33.2 Å². The van der Waals surface area contributed by atoms with Crippen molar-refractivity contribution in [2.45, 2.75) is 20.3 Å². The molecule has 0 saturated heterocycles. The van der Waals surface area contributed by atoms with Crippen molar-refractivity contribution in [2.24, 2.45) is 0 Å². The quantitative estimate of drug-likeness (QED) is 0.894. The molecule has 0 atom stereocenters. The summed E-state index contributed by atoms with van der Waals surface area (Å²) in [5.74, 6) is 2.03. The van der Waals surface area contributed by atoms with Gasteiger partial charge in [-0.25, -0.2) is 0 Å². The fraction of sp³-hybridized carbons (Fsp3) is 0.312. The summed E-state index contributed by atoms with van der Waals surface area (Å²) in [6.45, 7) is 4.17. The van der Waals surface area contributed by atoms with Crippen LogP contribution < -0.4 is 10.1 Å². The predicted molar refractivity (Wildman–Crippen MR) is 84.9 cm³/mol. The number of carbonyl (C=O) groups excluding carboxylic acids is 1. The molecule has 0 aliphatic heterocycles. The standard InChI is InChI=1S/C16H18BrNO3/c1-10-14(15(17)11(2)21-10)16(19)18-8-7-12-5-4-6-13(9-12)20-3/h4-6,9H,7-8H2,1-3H3,(H,18,19). The van der Waals surface area contributed by atoms with E-state index in [0.717, 1.165) is 22.2 Å². The number of benzene rings is 1. The van der Waals surface area contributed by atoms with E-state index in [4.69, 9.17) is 9.15 Å². The van der Waals surface area contributed by atoms with Crippen LogP contribution >= 0.6 is 15.9 Å². The Hall–Kier alpha value is -1.75. The normalized spacial score (nSPS) is 10.5. The van der Waals surface area contributed by atoms with Gasteiger partial charge in [-0.15, -0.1) is 0 Å². The molecule has 1 heterocycles. The van der Waals surface area contributed by atoms with Gasteiger partial charge in [0.05, 0.1) is 17.1 Å². The maximum absolute atomic E-state index is 12.2. The highest BCUT2D eigenvalue weighted by Crippen LogP contribution is 2.27. The highest BCUT2D eigenvalue weighted by Gasteiger charge is 2.19. The molecule has 1 aromatic heterocycles. The lowest BCUT2D eigenvalue weighted by Crippen LogP contribution is -2.26. The number of halogens is 1. The average Bonchev–Trinajstić information content (AvgIpc) is 2.72. The Balaban J connectivity index is 1.95. The minimum atomic E-state index is -0.126. The molecule has 0 radical (unpaired) electrons. The molecule has 0 unspecified atom stereocenters. The number of hydrogen-bond donors (Lipinski definition) is 1. The maximum atomic E-state index is 12.2. The third-order valence-electron chi connectivity index (χ3n) is 3.25. The second kappa shape index (κ2) is 6.80. The maximum Gasteiger partial charge on any atom is 0.256 e. The molecular formula is C16H18BrNO3. The van der Waals surface area contributed by atoms with Gasteiger partial charge in [0.1, 0.15) is 17.3 Å². The Labute approximate surface area is 132 Å². The van der Waals surface area contributed by atoms with Gasteiger partial charge in [-0.05, 0) is 53.9 Å². The lowest BCUT2D eigenvalue weighted by Gasteiger charge is -2.06. The SMILES string of the molecule is COc1cccc(CCNC(=O)c2c(C)oc(C)c2Br)c1. The average molecular weight is 352 g/mol. The second-order valence-corrected chi connectivity index (χ2v) is 5.55. The van der Waals surface area contributed by atoms with E-state index in [-0.39, 0.29) is 5.91 Å². The molecule has 0 saturated carbocycles. The molecule has 2 rings (SSSR count). The molecule has 21 heavy (non-hydrogen) atoms. The molecule has 112 valence electrons. The van der Waals surface area contributed by atoms with Crippen molar-refractivity contribution in [2.75, 3.05) is 13.7 Å². The summed E-state index contributed by atoms with van der Waals surface area (Å²) in [7, 11) is 1.64. The van der Waals surface area contributed by atoms with Crippen LogP contribution in [0.5, 0.6) is 5.75 Å². The summed E-state index contributed by atoms with van der Waals surface area (Å²) in [5, 5.41) is 2.91. The number of amides is 1. The van der Waals surface area contributed by atoms with E-state index in [1.165, 1.54) is 0 Å². The van der Waals surface area contributed by atoms with Gasteiger partial charge in [-0.1, -0.05) is 12.1 Å². The van der Waals surface area contributed by atoms with Crippen LogP contribution in [0.4, 0.5) is 0 Å². The number of furan rings is 1. The third kappa shape index (κ3) is 3.67. The van der Waals surface area contributed by atoms with Gasteiger partial charge in [0, 0.05) is 6.54 Å². The first-order chi connectivity index (χ1) is 10.0. The van der Waals surface area contributed by atoms with E-state index < -0.39 is 0 Å². The monoisotopic (exact) mass is 351 g/mol. The van der Waals surface area contributed by atoms with Gasteiger partial charge in [0.2, 0.25) is 0 Å². The minimum absolute atomic E-state index is 0.126. The van der Waals surface area contributed by atoms with Crippen LogP contribution in [0.25, 0.3) is 0 Å². The lowest BCUT2D eigenvalue weighted by molar-refractivity contribution is 0.0952. The Morgan fingerprint density at radius 1 is 1.33 bits per heavy atom. The molecule has 0 spiro atoms. The molecule has 1 N–H and O–H groups in total. The first-order valence-electron chi connectivity index (χ1n) is 6.69. The zero-order valence-electron chi connectivity index (χ0n) is 12.3. The fourth-order valence-electron chi connectivity index (χ4n) is 2.15. The first-order valence-corrected chi connectivity index (χ1v) is 7.49. The van der Waals surface area contributed by atoms with Crippen LogP contribution in [-0.2, 0) is 6.42 Å². The van der Waals surface area contributed by atoms with Crippen LogP contribution in [0.3, 0.4) is 0 Å². The number of aryl methyl sites for hydroxylation is 2. The van der Waals surface area contributed by atoms with Gasteiger partial charge in [0.15, 0.2) is 0 Å². The first kappa shape index (κ1) is 15.6. The van der Waals surface area contributed by atoms with E-state index in [1.807, 2.05) is 31.2 Å². The lowest BCUT2D eigenvalue weighted by atomic mass is 10.1. The highest BCUT2D eigenvalue weighted by atomic mass is 79.9. The molecule has 1 amide bonds. The third-order valence-corrected chi connectivity index (χ3v) is 4.20. The summed E-state index contributed by atoms with van der Waals surface area (Å²) < 4.78 is 11.3. The zero-order chi connectivity index (χ0) is 15.4. The smallest absolute Gasteiger partial charge is 0.256 e. The highest BCUT2D eigenvalue weighted by molar-refractivity contribution is 9.10. The molecule has 0 aliphatic carbocycles. The van der Waals surface area contributed by atoms with Gasteiger partial charge < -0.3 is 14.5 Å². The Morgan fingerprint density at radius 2 is 2.10 bits per heavy atom. The van der Waals surface area contributed by atoms with E-state index in [2.05, 4.69) is 21.2 Å². The van der Waals surface area contributed by atoms with E-state index in [0.29, 0.717) is 23.6 Å². The summed E-state index contributed by atoms with van der Waals surface area (Å²) in [6.07, 6.45) is 0.746. The number of hydrogen-bond acceptors (Lipinski definition) is 3. The van der Waals surface area contributed by atoms with Crippen LogP contribution in [-0.4, -0.2) is 19.6 Å².